The van der Waals surface area contributed by atoms with Gasteiger partial charge in [0.2, 0.25) is 0 Å². The van der Waals surface area contributed by atoms with E-state index < -0.39 is 0 Å². The minimum absolute atomic E-state index is 0.0440. The van der Waals surface area contributed by atoms with Crippen molar-refractivity contribution in [2.45, 2.75) is 56.7 Å². The summed E-state index contributed by atoms with van der Waals surface area (Å²) < 4.78 is 0. The predicted molar refractivity (Wildman–Crippen MR) is 68.9 cm³/mol. The van der Waals surface area contributed by atoms with Crippen molar-refractivity contribution >= 4 is 0 Å². The summed E-state index contributed by atoms with van der Waals surface area (Å²) in [5, 5.41) is 22.4. The highest BCUT2D eigenvalue weighted by molar-refractivity contribution is 5.11. The zero-order valence-corrected chi connectivity index (χ0v) is 10.9. The zero-order chi connectivity index (χ0) is 12.6. The molecule has 0 bridgehead atoms. The molecule has 1 saturated heterocycles. The van der Waals surface area contributed by atoms with Gasteiger partial charge in [0.05, 0.1) is 17.6 Å². The van der Waals surface area contributed by atoms with E-state index in [0.717, 1.165) is 38.9 Å². The predicted octanol–water partition coefficient (Wildman–Crippen LogP) is 0.867. The molecular weight excluding hydrogens is 226 g/mol. The Labute approximate surface area is 109 Å². The summed E-state index contributed by atoms with van der Waals surface area (Å²) in [6.45, 7) is 2.74. The van der Waals surface area contributed by atoms with Crippen LogP contribution in [0.2, 0.25) is 0 Å². The molecule has 0 aromatic carbocycles. The molecule has 2 N–H and O–H groups in total. The van der Waals surface area contributed by atoms with E-state index in [2.05, 4.69) is 16.3 Å². The van der Waals surface area contributed by atoms with Gasteiger partial charge in [0, 0.05) is 31.7 Å². The van der Waals surface area contributed by atoms with Crippen molar-refractivity contribution < 1.29 is 5.11 Å². The van der Waals surface area contributed by atoms with E-state index in [1.54, 1.807) is 0 Å². The standard InChI is InChI=1S/C14H23N3O/c15-9-14(5-6-14)10-16-12-2-1-3-13(12)17-7-4-11(18)8-17/h11-13,16,18H,1-8,10H2/t11?,12-,13+/m1/s1. The van der Waals surface area contributed by atoms with E-state index in [0.29, 0.717) is 12.1 Å². The van der Waals surface area contributed by atoms with Crippen molar-refractivity contribution in [3.8, 4) is 6.07 Å². The first kappa shape index (κ1) is 12.4. The molecule has 1 aliphatic heterocycles. The van der Waals surface area contributed by atoms with Gasteiger partial charge >= 0.3 is 0 Å². The normalized spacial score (nSPS) is 38.8. The Kier molecular flexibility index (Phi) is 3.31. The molecule has 0 radical (unpaired) electrons. The molecule has 3 rings (SSSR count). The molecule has 3 aliphatic rings. The second kappa shape index (κ2) is 4.80. The number of nitriles is 1. The first-order valence-electron chi connectivity index (χ1n) is 7.29. The van der Waals surface area contributed by atoms with E-state index >= 15 is 0 Å². The summed E-state index contributed by atoms with van der Waals surface area (Å²) in [6.07, 6.45) is 6.66. The van der Waals surface area contributed by atoms with Crippen LogP contribution in [0.4, 0.5) is 0 Å². The third kappa shape index (κ3) is 2.40. The van der Waals surface area contributed by atoms with Crippen LogP contribution in [0.1, 0.15) is 38.5 Å². The summed E-state index contributed by atoms with van der Waals surface area (Å²) in [5.41, 5.74) is -0.0440. The summed E-state index contributed by atoms with van der Waals surface area (Å²) in [7, 11) is 0. The fraction of sp³-hybridized carbons (Fsp3) is 0.929. The van der Waals surface area contributed by atoms with E-state index in [-0.39, 0.29) is 11.5 Å². The molecule has 1 unspecified atom stereocenters. The Morgan fingerprint density at radius 3 is 2.78 bits per heavy atom. The Balaban J connectivity index is 1.53. The van der Waals surface area contributed by atoms with Crippen molar-refractivity contribution in [3.63, 3.8) is 0 Å². The summed E-state index contributed by atoms with van der Waals surface area (Å²) in [5.74, 6) is 0. The van der Waals surface area contributed by atoms with Crippen molar-refractivity contribution in [3.05, 3.63) is 0 Å². The van der Waals surface area contributed by atoms with E-state index in [4.69, 9.17) is 5.26 Å². The zero-order valence-electron chi connectivity index (χ0n) is 10.9. The van der Waals surface area contributed by atoms with Crippen molar-refractivity contribution in [1.82, 2.24) is 10.2 Å². The smallest absolute Gasteiger partial charge is 0.0703 e. The molecule has 4 nitrogen and oxygen atoms in total. The molecule has 3 fully saturated rings. The van der Waals surface area contributed by atoms with Gasteiger partial charge in [-0.25, -0.2) is 0 Å². The van der Waals surface area contributed by atoms with Gasteiger partial charge in [-0.3, -0.25) is 4.90 Å². The van der Waals surface area contributed by atoms with Crippen LogP contribution in [0.25, 0.3) is 0 Å². The quantitative estimate of drug-likeness (QED) is 0.776. The van der Waals surface area contributed by atoms with Gasteiger partial charge in [-0.15, -0.1) is 0 Å². The molecule has 2 saturated carbocycles. The first-order valence-corrected chi connectivity index (χ1v) is 7.29. The lowest BCUT2D eigenvalue weighted by Crippen LogP contribution is -2.47. The number of aliphatic hydroxyl groups is 1. The monoisotopic (exact) mass is 249 g/mol. The second-order valence-electron chi connectivity index (χ2n) is 6.32. The highest BCUT2D eigenvalue weighted by atomic mass is 16.3. The average molecular weight is 249 g/mol. The van der Waals surface area contributed by atoms with Crippen molar-refractivity contribution in [2.75, 3.05) is 19.6 Å². The van der Waals surface area contributed by atoms with E-state index in [9.17, 15) is 5.11 Å². The molecule has 18 heavy (non-hydrogen) atoms. The Morgan fingerprint density at radius 2 is 2.17 bits per heavy atom. The minimum atomic E-state index is -0.125. The Bertz CT molecular complexity index is 347. The third-order valence-electron chi connectivity index (χ3n) is 4.94. The topological polar surface area (TPSA) is 59.3 Å². The molecule has 4 heteroatoms. The number of likely N-dealkylation sites (tertiary alicyclic amines) is 1. The lowest BCUT2D eigenvalue weighted by molar-refractivity contribution is 0.149. The Hall–Kier alpha value is -0.630. The molecule has 3 atom stereocenters. The number of rotatable bonds is 4. The van der Waals surface area contributed by atoms with Crippen LogP contribution < -0.4 is 5.32 Å². The maximum absolute atomic E-state index is 9.65. The number of nitrogens with one attached hydrogen (secondary N) is 1. The molecule has 100 valence electrons. The number of hydrogen-bond acceptors (Lipinski definition) is 4. The van der Waals surface area contributed by atoms with Gasteiger partial charge in [0.1, 0.15) is 0 Å². The Morgan fingerprint density at radius 1 is 1.33 bits per heavy atom. The van der Waals surface area contributed by atoms with Crippen LogP contribution in [0.3, 0.4) is 0 Å². The lowest BCUT2D eigenvalue weighted by atomic mass is 10.1. The second-order valence-corrected chi connectivity index (χ2v) is 6.32. The van der Waals surface area contributed by atoms with Crippen LogP contribution in [0.5, 0.6) is 0 Å². The molecule has 2 aliphatic carbocycles. The number of aliphatic hydroxyl groups excluding tert-OH is 1. The molecule has 0 spiro atoms. The third-order valence-corrected chi connectivity index (χ3v) is 4.94. The fourth-order valence-electron chi connectivity index (χ4n) is 3.49. The molecule has 0 aromatic rings. The molecule has 1 heterocycles. The van der Waals surface area contributed by atoms with Gasteiger partial charge in [-0.1, -0.05) is 6.42 Å². The molecule has 0 amide bonds. The van der Waals surface area contributed by atoms with Gasteiger partial charge in [0.15, 0.2) is 0 Å². The van der Waals surface area contributed by atoms with Crippen molar-refractivity contribution in [2.24, 2.45) is 5.41 Å². The maximum Gasteiger partial charge on any atom is 0.0703 e. The molecular formula is C14H23N3O. The first-order chi connectivity index (χ1) is 8.72. The van der Waals surface area contributed by atoms with Gasteiger partial charge in [-0.05, 0) is 32.1 Å². The highest BCUT2D eigenvalue weighted by Gasteiger charge is 2.44. The van der Waals surface area contributed by atoms with Gasteiger partial charge in [-0.2, -0.15) is 5.26 Å². The van der Waals surface area contributed by atoms with E-state index in [1.807, 2.05) is 0 Å². The van der Waals surface area contributed by atoms with Gasteiger partial charge in [0.25, 0.3) is 0 Å². The van der Waals surface area contributed by atoms with Crippen LogP contribution >= 0.6 is 0 Å². The van der Waals surface area contributed by atoms with Crippen LogP contribution in [0.15, 0.2) is 0 Å². The van der Waals surface area contributed by atoms with Crippen LogP contribution in [-0.2, 0) is 0 Å². The SMILES string of the molecule is N#CC1(CN[C@@H]2CCC[C@@H]2N2CCC(O)C2)CC1. The van der Waals surface area contributed by atoms with Crippen LogP contribution in [-0.4, -0.2) is 47.8 Å². The summed E-state index contributed by atoms with van der Waals surface area (Å²) in [6, 6.07) is 3.56. The largest absolute Gasteiger partial charge is 0.392 e. The lowest BCUT2D eigenvalue weighted by Gasteiger charge is -2.30. The highest BCUT2D eigenvalue weighted by Crippen LogP contribution is 2.44. The number of hydrogen-bond donors (Lipinski definition) is 2. The maximum atomic E-state index is 9.65. The number of nitrogens with zero attached hydrogens (tertiary/aromatic N) is 2. The van der Waals surface area contributed by atoms with Crippen LogP contribution in [0, 0.1) is 16.7 Å². The van der Waals surface area contributed by atoms with Crippen molar-refractivity contribution in [1.29, 1.82) is 5.26 Å². The van der Waals surface area contributed by atoms with E-state index in [1.165, 1.54) is 19.3 Å². The minimum Gasteiger partial charge on any atom is -0.392 e. The number of β-amino-alcohol motifs (C(OH)–C–C–N with tert-alkyl or cyclic N) is 1. The summed E-state index contributed by atoms with van der Waals surface area (Å²) >= 11 is 0. The average Bonchev–Trinajstić information content (AvgIpc) is 2.80. The summed E-state index contributed by atoms with van der Waals surface area (Å²) in [4.78, 5) is 2.45. The fourth-order valence-corrected chi connectivity index (χ4v) is 3.49. The van der Waals surface area contributed by atoms with Gasteiger partial charge < -0.3 is 10.4 Å². The molecule has 0 aromatic heterocycles.